The van der Waals surface area contributed by atoms with Gasteiger partial charge in [0.15, 0.2) is 0 Å². The minimum absolute atomic E-state index is 0. The first-order valence-corrected chi connectivity index (χ1v) is 28.3. The highest BCUT2D eigenvalue weighted by molar-refractivity contribution is 9.08. The van der Waals surface area contributed by atoms with Crippen molar-refractivity contribution in [1.29, 1.82) is 5.26 Å². The summed E-state index contributed by atoms with van der Waals surface area (Å²) in [4.78, 5) is 4.35. The number of thioether (sulfide) groups is 4. The lowest BCUT2D eigenvalue weighted by Crippen LogP contribution is -2.17. The first-order chi connectivity index (χ1) is 32.0. The topological polar surface area (TPSA) is 49.8 Å². The summed E-state index contributed by atoms with van der Waals surface area (Å²) in [5.41, 5.74) is 12.7. The second kappa shape index (κ2) is 28.1. The number of thiocarbonyl (C=S) groups is 1. The zero-order valence-corrected chi connectivity index (χ0v) is 42.8. The number of nitrogens with two attached hydrogens (primary N) is 1. The van der Waals surface area contributed by atoms with E-state index in [4.69, 9.17) is 23.2 Å². The lowest BCUT2D eigenvalue weighted by atomic mass is 9.95. The fourth-order valence-corrected chi connectivity index (χ4v) is 13.5. The molecule has 0 saturated heterocycles. The molecule has 3 heterocycles. The minimum Gasteiger partial charge on any atom is -0.330 e. The van der Waals surface area contributed by atoms with Gasteiger partial charge in [0.25, 0.3) is 0 Å². The molecule has 3 aliphatic rings. The van der Waals surface area contributed by atoms with Gasteiger partial charge in [-0.1, -0.05) is 175 Å². The zero-order valence-electron chi connectivity index (χ0n) is 37.1. The van der Waals surface area contributed by atoms with E-state index in [-0.39, 0.29) is 7.43 Å². The Bertz CT molecular complexity index is 2640. The molecule has 0 spiro atoms. The predicted octanol–water partition coefficient (Wildman–Crippen LogP) is 17.1. The Morgan fingerprint density at radius 3 is 1.55 bits per heavy atom. The molecule has 10 rings (SSSR count). The molecule has 0 radical (unpaired) electrons. The normalized spacial score (nSPS) is 16.7. The van der Waals surface area contributed by atoms with Crippen molar-refractivity contribution in [2.24, 2.45) is 23.5 Å². The number of nitrogens with zero attached hydrogens (tertiary/aromatic N) is 1. The molecule has 0 aromatic heterocycles. The molecule has 3 aliphatic heterocycles. The minimum atomic E-state index is 0. The molecule has 66 heavy (non-hydrogen) atoms. The van der Waals surface area contributed by atoms with Gasteiger partial charge in [-0.2, -0.15) is 5.26 Å². The lowest BCUT2D eigenvalue weighted by Gasteiger charge is -2.23. The van der Waals surface area contributed by atoms with Crippen molar-refractivity contribution >= 4 is 101 Å². The molecule has 8 heteroatoms. The second-order valence-corrected chi connectivity index (χ2v) is 22.5. The maximum absolute atomic E-state index is 8.61. The van der Waals surface area contributed by atoms with E-state index in [9.17, 15) is 0 Å². The summed E-state index contributed by atoms with van der Waals surface area (Å²) in [6.45, 7) is 0.827. The van der Waals surface area contributed by atoms with Gasteiger partial charge in [-0.05, 0) is 137 Å². The molecule has 7 aromatic rings. The summed E-state index contributed by atoms with van der Waals surface area (Å²) in [5, 5.41) is 14.8. The van der Waals surface area contributed by atoms with E-state index in [1.165, 1.54) is 108 Å². The van der Waals surface area contributed by atoms with Gasteiger partial charge >= 0.3 is 0 Å². The Labute approximate surface area is 426 Å². The number of hydrogen-bond donors (Lipinski definition) is 1. The van der Waals surface area contributed by atoms with Crippen molar-refractivity contribution < 1.29 is 0 Å². The van der Waals surface area contributed by atoms with Crippen LogP contribution in [-0.4, -0.2) is 28.0 Å². The van der Waals surface area contributed by atoms with Crippen LogP contribution in [0.1, 0.15) is 67.3 Å². The van der Waals surface area contributed by atoms with Crippen molar-refractivity contribution in [3.8, 4) is 6.07 Å². The summed E-state index contributed by atoms with van der Waals surface area (Å²) >= 11 is 16.8. The van der Waals surface area contributed by atoms with Gasteiger partial charge in [0.2, 0.25) is 0 Å². The monoisotopic (exact) mass is 1030 g/mol. The number of alkyl halides is 1. The van der Waals surface area contributed by atoms with Crippen molar-refractivity contribution in [2.75, 3.05) is 23.8 Å². The van der Waals surface area contributed by atoms with Crippen LogP contribution in [0.25, 0.3) is 21.5 Å². The van der Waals surface area contributed by atoms with E-state index < -0.39 is 0 Å². The smallest absolute Gasteiger partial charge is 0.0625 e. The van der Waals surface area contributed by atoms with Gasteiger partial charge in [-0.15, -0.1) is 47.0 Å². The third-order valence-electron chi connectivity index (χ3n) is 12.0. The fraction of sp³-hybridized carbons (Fsp3) is 0.310. The highest BCUT2D eigenvalue weighted by atomic mass is 79.9. The molecule has 3 atom stereocenters. The van der Waals surface area contributed by atoms with E-state index in [0.717, 1.165) is 52.3 Å². The van der Waals surface area contributed by atoms with Crippen LogP contribution in [0.2, 0.25) is 0 Å². The number of rotatable bonds is 10. The Hall–Kier alpha value is -3.52. The van der Waals surface area contributed by atoms with Crippen molar-refractivity contribution in [2.45, 2.75) is 84.6 Å². The second-order valence-electron chi connectivity index (χ2n) is 17.0. The van der Waals surface area contributed by atoms with Gasteiger partial charge in [0.1, 0.15) is 0 Å². The Kier molecular flexibility index (Phi) is 22.1. The van der Waals surface area contributed by atoms with Crippen molar-refractivity contribution in [3.63, 3.8) is 0 Å². The molecule has 7 aromatic carbocycles. The molecule has 342 valence electrons. The standard InChI is InChI=1S/C24H24S3.C11H9Br.C11H15NS.C11H11NS.CH4/c25-24(27-17-19-12-13-20-7-1-2-8-21(20)14-19)11-5-6-18-15-22-9-3-4-10-23(22)26-16-18;12-8-9-5-6-10-3-1-2-4-11(10)7-9;2*12-6-5-9-7-10-3-1-2-4-11(10)13-8-9;/h1-4,7-10,12-14,18H,5-6,11,15-17H2;1-7H,8H2;1-4,9H,5-8,12H2;1-4,9H,5,7-8H2;1H4. The highest BCUT2D eigenvalue weighted by Gasteiger charge is 2.20. The highest BCUT2D eigenvalue weighted by Crippen LogP contribution is 2.36. The van der Waals surface area contributed by atoms with Gasteiger partial charge in [0, 0.05) is 53.6 Å². The van der Waals surface area contributed by atoms with E-state index in [0.29, 0.717) is 12.3 Å². The van der Waals surface area contributed by atoms with E-state index in [1.54, 1.807) is 0 Å². The van der Waals surface area contributed by atoms with Crippen LogP contribution in [0.15, 0.2) is 172 Å². The van der Waals surface area contributed by atoms with Crippen LogP contribution >= 0.6 is 75.2 Å². The Morgan fingerprint density at radius 1 is 0.591 bits per heavy atom. The summed E-state index contributed by atoms with van der Waals surface area (Å²) in [6, 6.07) is 58.5. The van der Waals surface area contributed by atoms with E-state index in [2.05, 4.69) is 180 Å². The average molecular weight is 1030 g/mol. The van der Waals surface area contributed by atoms with Crippen LogP contribution in [0, 0.1) is 29.1 Å². The number of nitriles is 1. The lowest BCUT2D eigenvalue weighted by molar-refractivity contribution is 0.514. The number of benzene rings is 7. The summed E-state index contributed by atoms with van der Waals surface area (Å²) in [7, 11) is 0. The molecule has 0 fully saturated rings. The molecule has 2 N–H and O–H groups in total. The molecule has 0 saturated carbocycles. The van der Waals surface area contributed by atoms with Crippen LogP contribution in [0.5, 0.6) is 0 Å². The maximum atomic E-state index is 8.61. The first kappa shape index (κ1) is 51.9. The van der Waals surface area contributed by atoms with Crippen LogP contribution in [-0.2, 0) is 30.3 Å². The van der Waals surface area contributed by atoms with Gasteiger partial charge in [-0.3, -0.25) is 0 Å². The van der Waals surface area contributed by atoms with Crippen LogP contribution < -0.4 is 5.73 Å². The molecule has 0 amide bonds. The summed E-state index contributed by atoms with van der Waals surface area (Å²) < 4.78 is 1.16. The number of halogens is 1. The van der Waals surface area contributed by atoms with Gasteiger partial charge < -0.3 is 5.73 Å². The zero-order chi connectivity index (χ0) is 45.1. The number of hydrogen-bond acceptors (Lipinski definition) is 7. The largest absolute Gasteiger partial charge is 0.330 e. The summed E-state index contributed by atoms with van der Waals surface area (Å²) in [6.07, 6.45) is 8.98. The SMILES string of the molecule is BrCc1ccc2ccccc2c1.C.N#CCC1CSc2ccccc2C1.NCCC1CSc2ccccc2C1.S=C(CCCC1CSc2ccccc2C1)SCc1ccc2ccccc2c1. The van der Waals surface area contributed by atoms with Crippen molar-refractivity contribution in [1.82, 2.24) is 0 Å². The first-order valence-electron chi connectivity index (χ1n) is 22.8. The molecular formula is C58H63BrN2S5. The Morgan fingerprint density at radius 2 is 1.03 bits per heavy atom. The average Bonchev–Trinajstić information content (AvgIpc) is 3.36. The quantitative estimate of drug-likeness (QED) is 0.108. The molecular weight excluding hydrogens is 965 g/mol. The molecule has 3 unspecified atom stereocenters. The number of fused-ring (bicyclic) bond motifs is 5. The van der Waals surface area contributed by atoms with Gasteiger partial charge in [0.05, 0.1) is 6.07 Å². The van der Waals surface area contributed by atoms with Crippen LogP contribution in [0.3, 0.4) is 0 Å². The fourth-order valence-electron chi connectivity index (χ4n) is 8.46. The van der Waals surface area contributed by atoms with Gasteiger partial charge in [-0.25, -0.2) is 0 Å². The third-order valence-corrected chi connectivity index (χ3v) is 18.2. The van der Waals surface area contributed by atoms with E-state index in [1.807, 2.05) is 47.0 Å². The molecule has 0 bridgehead atoms. The summed E-state index contributed by atoms with van der Waals surface area (Å²) in [5.74, 6) is 6.75. The predicted molar refractivity (Wildman–Crippen MR) is 302 cm³/mol. The third kappa shape index (κ3) is 16.0. The molecule has 2 nitrogen and oxygen atoms in total. The molecule has 0 aliphatic carbocycles. The van der Waals surface area contributed by atoms with Crippen LogP contribution in [0.4, 0.5) is 0 Å². The van der Waals surface area contributed by atoms with E-state index >= 15 is 0 Å². The maximum Gasteiger partial charge on any atom is 0.0625 e. The Balaban J connectivity index is 0.000000156. The van der Waals surface area contributed by atoms with Crippen molar-refractivity contribution in [3.05, 3.63) is 186 Å².